The van der Waals surface area contributed by atoms with Gasteiger partial charge in [-0.15, -0.1) is 13.2 Å². The molecule has 1 atom stereocenters. The predicted molar refractivity (Wildman–Crippen MR) is 78.0 cm³/mol. The fourth-order valence-electron chi connectivity index (χ4n) is 2.07. The second-order valence-electron chi connectivity index (χ2n) is 4.60. The summed E-state index contributed by atoms with van der Waals surface area (Å²) in [6.07, 6.45) is -4.71. The number of halogens is 4. The first-order chi connectivity index (χ1) is 9.76. The molecule has 2 aromatic carbocycles. The van der Waals surface area contributed by atoms with Crippen LogP contribution in [-0.2, 0) is 0 Å². The third-order valence-corrected chi connectivity index (χ3v) is 3.51. The van der Waals surface area contributed by atoms with Crippen molar-refractivity contribution in [2.45, 2.75) is 19.3 Å². The first kappa shape index (κ1) is 15.9. The Morgan fingerprint density at radius 3 is 2.48 bits per heavy atom. The van der Waals surface area contributed by atoms with Crippen molar-refractivity contribution < 1.29 is 17.9 Å². The lowest BCUT2D eigenvalue weighted by Crippen LogP contribution is -2.18. The highest BCUT2D eigenvalue weighted by molar-refractivity contribution is 9.10. The van der Waals surface area contributed by atoms with Gasteiger partial charge in [-0.1, -0.05) is 34.1 Å². The monoisotopic (exact) mass is 359 g/mol. The van der Waals surface area contributed by atoms with Crippen molar-refractivity contribution in [1.29, 1.82) is 0 Å². The van der Waals surface area contributed by atoms with Crippen molar-refractivity contribution in [3.63, 3.8) is 0 Å². The van der Waals surface area contributed by atoms with Crippen molar-refractivity contribution >= 4 is 15.9 Å². The van der Waals surface area contributed by atoms with Gasteiger partial charge >= 0.3 is 6.36 Å². The van der Waals surface area contributed by atoms with E-state index < -0.39 is 12.4 Å². The summed E-state index contributed by atoms with van der Waals surface area (Å²) in [5, 5.41) is 0. The number of ether oxygens (including phenoxy) is 1. The maximum atomic E-state index is 12.2. The Morgan fingerprint density at radius 2 is 1.86 bits per heavy atom. The average Bonchev–Trinajstić information content (AvgIpc) is 2.36. The molecule has 0 aliphatic carbocycles. The molecular weight excluding hydrogens is 347 g/mol. The first-order valence-corrected chi connectivity index (χ1v) is 6.93. The lowest BCUT2D eigenvalue weighted by molar-refractivity contribution is -0.274. The summed E-state index contributed by atoms with van der Waals surface area (Å²) in [5.74, 6) is -0.273. The third kappa shape index (κ3) is 4.22. The third-order valence-electron chi connectivity index (χ3n) is 3.02. The van der Waals surface area contributed by atoms with Crippen molar-refractivity contribution in [3.8, 4) is 5.75 Å². The minimum absolute atomic E-state index is 0.273. The second-order valence-corrected chi connectivity index (χ2v) is 5.51. The van der Waals surface area contributed by atoms with Gasteiger partial charge in [-0.2, -0.15) is 0 Å². The van der Waals surface area contributed by atoms with Gasteiger partial charge in [0.05, 0.1) is 6.04 Å². The van der Waals surface area contributed by atoms with Crippen molar-refractivity contribution in [2.75, 3.05) is 0 Å². The molecule has 0 saturated heterocycles. The highest BCUT2D eigenvalue weighted by atomic mass is 79.9. The summed E-state index contributed by atoms with van der Waals surface area (Å²) in [6.45, 7) is 1.90. The van der Waals surface area contributed by atoms with Crippen LogP contribution in [-0.4, -0.2) is 6.36 Å². The van der Waals surface area contributed by atoms with Gasteiger partial charge in [-0.25, -0.2) is 0 Å². The van der Waals surface area contributed by atoms with Gasteiger partial charge in [0.2, 0.25) is 0 Å². The molecule has 2 N–H and O–H groups in total. The lowest BCUT2D eigenvalue weighted by Gasteiger charge is -2.17. The van der Waals surface area contributed by atoms with E-state index in [1.807, 2.05) is 25.1 Å². The van der Waals surface area contributed by atoms with E-state index in [0.29, 0.717) is 5.56 Å². The first-order valence-electron chi connectivity index (χ1n) is 6.13. The van der Waals surface area contributed by atoms with E-state index >= 15 is 0 Å². The van der Waals surface area contributed by atoms with Crippen LogP contribution in [0.2, 0.25) is 0 Å². The van der Waals surface area contributed by atoms with Crippen LogP contribution in [0.25, 0.3) is 0 Å². The number of hydrogen-bond acceptors (Lipinski definition) is 2. The molecule has 2 rings (SSSR count). The molecule has 6 heteroatoms. The van der Waals surface area contributed by atoms with Crippen LogP contribution >= 0.6 is 15.9 Å². The fourth-order valence-corrected chi connectivity index (χ4v) is 2.55. The van der Waals surface area contributed by atoms with Gasteiger partial charge in [-0.05, 0) is 47.9 Å². The van der Waals surface area contributed by atoms with Crippen LogP contribution in [0.5, 0.6) is 5.75 Å². The van der Waals surface area contributed by atoms with E-state index in [1.165, 1.54) is 18.2 Å². The summed E-state index contributed by atoms with van der Waals surface area (Å²) in [6, 6.07) is 10.8. The summed E-state index contributed by atoms with van der Waals surface area (Å²) < 4.78 is 41.6. The number of hydrogen-bond donors (Lipinski definition) is 1. The molecule has 0 fully saturated rings. The molecule has 0 aliphatic heterocycles. The molecule has 0 spiro atoms. The van der Waals surface area contributed by atoms with E-state index in [9.17, 15) is 13.2 Å². The molecule has 2 aromatic rings. The molecule has 0 heterocycles. The van der Waals surface area contributed by atoms with Crippen LogP contribution < -0.4 is 10.5 Å². The number of nitrogens with two attached hydrogens (primary N) is 1. The highest BCUT2D eigenvalue weighted by Crippen LogP contribution is 2.29. The van der Waals surface area contributed by atoms with Gasteiger partial charge < -0.3 is 10.5 Å². The quantitative estimate of drug-likeness (QED) is 0.861. The van der Waals surface area contributed by atoms with Crippen molar-refractivity contribution in [2.24, 2.45) is 5.73 Å². The SMILES string of the molecule is Cc1cc(Br)ccc1C(N)c1cccc(OC(F)(F)F)c1. The van der Waals surface area contributed by atoms with E-state index in [4.69, 9.17) is 5.73 Å². The van der Waals surface area contributed by atoms with Gasteiger partial charge in [0, 0.05) is 4.47 Å². The smallest absolute Gasteiger partial charge is 0.406 e. The Hall–Kier alpha value is -1.53. The zero-order valence-electron chi connectivity index (χ0n) is 11.1. The Morgan fingerprint density at radius 1 is 1.14 bits per heavy atom. The molecule has 0 saturated carbocycles. The molecule has 0 aromatic heterocycles. The Balaban J connectivity index is 2.31. The summed E-state index contributed by atoms with van der Waals surface area (Å²) in [4.78, 5) is 0. The van der Waals surface area contributed by atoms with Crippen LogP contribution in [0.15, 0.2) is 46.9 Å². The van der Waals surface area contributed by atoms with Gasteiger partial charge in [0.25, 0.3) is 0 Å². The number of aryl methyl sites for hydroxylation is 1. The van der Waals surface area contributed by atoms with Gasteiger partial charge in [-0.3, -0.25) is 0 Å². The highest BCUT2D eigenvalue weighted by Gasteiger charge is 2.31. The average molecular weight is 360 g/mol. The molecule has 0 amide bonds. The molecule has 0 aliphatic rings. The van der Waals surface area contributed by atoms with Gasteiger partial charge in [0.1, 0.15) is 5.75 Å². The largest absolute Gasteiger partial charge is 0.573 e. The Bertz CT molecular complexity index is 643. The van der Waals surface area contributed by atoms with Gasteiger partial charge in [0.15, 0.2) is 0 Å². The standard InChI is InChI=1S/C15H13BrF3NO/c1-9-7-11(16)5-6-13(9)14(20)10-3-2-4-12(8-10)21-15(17,18)19/h2-8,14H,20H2,1H3. The maximum Gasteiger partial charge on any atom is 0.573 e. The lowest BCUT2D eigenvalue weighted by atomic mass is 9.96. The topological polar surface area (TPSA) is 35.2 Å². The number of alkyl halides is 3. The molecular formula is C15H13BrF3NO. The van der Waals surface area contributed by atoms with Crippen LogP contribution in [0.3, 0.4) is 0 Å². The second kappa shape index (κ2) is 6.07. The van der Waals surface area contributed by atoms with E-state index in [1.54, 1.807) is 6.07 Å². The van der Waals surface area contributed by atoms with Crippen molar-refractivity contribution in [3.05, 3.63) is 63.6 Å². The van der Waals surface area contributed by atoms with E-state index in [0.717, 1.165) is 15.6 Å². The fraction of sp³-hybridized carbons (Fsp3) is 0.200. The molecule has 21 heavy (non-hydrogen) atoms. The molecule has 1 unspecified atom stereocenters. The normalized spacial score (nSPS) is 13.0. The number of rotatable bonds is 3. The number of benzene rings is 2. The molecule has 0 radical (unpaired) electrons. The molecule has 112 valence electrons. The van der Waals surface area contributed by atoms with Crippen LogP contribution in [0.1, 0.15) is 22.7 Å². The predicted octanol–water partition coefficient (Wildman–Crippen LogP) is 4.70. The minimum Gasteiger partial charge on any atom is -0.406 e. The summed E-state index contributed by atoms with van der Waals surface area (Å²) >= 11 is 3.36. The molecule has 2 nitrogen and oxygen atoms in total. The Labute approximate surface area is 128 Å². The van der Waals surface area contributed by atoms with E-state index in [-0.39, 0.29) is 5.75 Å². The van der Waals surface area contributed by atoms with E-state index in [2.05, 4.69) is 20.7 Å². The zero-order chi connectivity index (χ0) is 15.6. The Kier molecular flexibility index (Phi) is 4.58. The van der Waals surface area contributed by atoms with Crippen LogP contribution in [0.4, 0.5) is 13.2 Å². The minimum atomic E-state index is -4.71. The maximum absolute atomic E-state index is 12.2. The summed E-state index contributed by atoms with van der Waals surface area (Å²) in [7, 11) is 0. The van der Waals surface area contributed by atoms with Crippen LogP contribution in [0, 0.1) is 6.92 Å². The molecule has 0 bridgehead atoms. The van der Waals surface area contributed by atoms with Crippen molar-refractivity contribution in [1.82, 2.24) is 0 Å². The zero-order valence-corrected chi connectivity index (χ0v) is 12.7. The summed E-state index contributed by atoms with van der Waals surface area (Å²) in [5.41, 5.74) is 8.51.